The highest BCUT2D eigenvalue weighted by Crippen LogP contribution is 2.18. The van der Waals surface area contributed by atoms with Gasteiger partial charge in [-0.3, -0.25) is 9.69 Å². The van der Waals surface area contributed by atoms with Crippen molar-refractivity contribution in [2.24, 2.45) is 0 Å². The molecule has 0 unspecified atom stereocenters. The number of hydrogen-bond donors (Lipinski definition) is 1. The third-order valence-electron chi connectivity index (χ3n) is 4.96. The number of likely N-dealkylation sites (N-methyl/N-ethyl adjacent to an activating group) is 1. The van der Waals surface area contributed by atoms with Crippen LogP contribution in [0.3, 0.4) is 0 Å². The first-order valence-corrected chi connectivity index (χ1v) is 9.03. The maximum atomic E-state index is 12.4. The summed E-state index contributed by atoms with van der Waals surface area (Å²) in [5.74, 6) is 0.158. The Morgan fingerprint density at radius 1 is 1.04 bits per heavy atom. The van der Waals surface area contributed by atoms with Crippen molar-refractivity contribution in [3.05, 3.63) is 66.2 Å². The number of carbonyl (C=O) groups excluding carboxylic acids is 1. The van der Waals surface area contributed by atoms with Crippen molar-refractivity contribution in [3.8, 4) is 0 Å². The monoisotopic (exact) mass is 337 g/mol. The largest absolute Gasteiger partial charge is 0.376 e. The molecule has 2 aromatic rings. The summed E-state index contributed by atoms with van der Waals surface area (Å²) >= 11 is 0. The number of nitrogens with zero attached hydrogens (tertiary/aromatic N) is 2. The number of carbonyl (C=O) groups is 1. The highest BCUT2D eigenvalue weighted by atomic mass is 16.2. The molecule has 1 fully saturated rings. The number of para-hydroxylation sites is 1. The van der Waals surface area contributed by atoms with Crippen LogP contribution in [0.1, 0.15) is 18.4 Å². The van der Waals surface area contributed by atoms with Crippen LogP contribution in [0.2, 0.25) is 0 Å². The predicted molar refractivity (Wildman–Crippen MR) is 102 cm³/mol. The minimum Gasteiger partial charge on any atom is -0.376 e. The molecule has 0 atom stereocenters. The van der Waals surface area contributed by atoms with E-state index in [-0.39, 0.29) is 5.91 Å². The smallest absolute Gasteiger partial charge is 0.241 e. The van der Waals surface area contributed by atoms with Crippen molar-refractivity contribution in [1.82, 2.24) is 9.80 Å². The molecule has 1 aliphatic heterocycles. The topological polar surface area (TPSA) is 35.6 Å². The molecule has 0 radical (unpaired) electrons. The van der Waals surface area contributed by atoms with Gasteiger partial charge in [0.25, 0.3) is 0 Å². The number of likely N-dealkylation sites (tertiary alicyclic amines) is 1. The Hall–Kier alpha value is -2.33. The van der Waals surface area contributed by atoms with Crippen LogP contribution in [0.15, 0.2) is 60.7 Å². The molecule has 0 spiro atoms. The summed E-state index contributed by atoms with van der Waals surface area (Å²) in [7, 11) is 1.94. The Kier molecular flexibility index (Phi) is 6.07. The fourth-order valence-corrected chi connectivity index (χ4v) is 3.37. The molecule has 4 nitrogen and oxygen atoms in total. The molecule has 1 aliphatic rings. The van der Waals surface area contributed by atoms with Crippen LogP contribution in [-0.2, 0) is 11.3 Å². The Labute approximate surface area is 150 Å². The molecular weight excluding hydrogens is 310 g/mol. The lowest BCUT2D eigenvalue weighted by Gasteiger charge is -2.36. The first-order valence-electron chi connectivity index (χ1n) is 9.03. The second-order valence-corrected chi connectivity index (χ2v) is 6.72. The summed E-state index contributed by atoms with van der Waals surface area (Å²) in [6.07, 6.45) is 2.08. The van der Waals surface area contributed by atoms with Gasteiger partial charge in [-0.25, -0.2) is 0 Å². The molecule has 0 bridgehead atoms. The normalized spacial score (nSPS) is 15.7. The van der Waals surface area contributed by atoms with Gasteiger partial charge in [0, 0.05) is 38.4 Å². The SMILES string of the molecule is CN(C(=O)CNc1ccccc1)C1CCN(Cc2ccccc2)CC1. The molecule has 1 heterocycles. The van der Waals surface area contributed by atoms with Crippen molar-refractivity contribution in [1.29, 1.82) is 0 Å². The molecule has 1 N–H and O–H groups in total. The summed E-state index contributed by atoms with van der Waals surface area (Å²) in [5, 5.41) is 3.20. The molecule has 0 aromatic heterocycles. The fraction of sp³-hybridized carbons (Fsp3) is 0.381. The lowest BCUT2D eigenvalue weighted by atomic mass is 10.0. The maximum absolute atomic E-state index is 12.4. The van der Waals surface area contributed by atoms with E-state index in [2.05, 4.69) is 40.5 Å². The third-order valence-corrected chi connectivity index (χ3v) is 4.96. The molecule has 1 amide bonds. The van der Waals surface area contributed by atoms with E-state index in [9.17, 15) is 4.79 Å². The van der Waals surface area contributed by atoms with Crippen molar-refractivity contribution in [3.63, 3.8) is 0 Å². The van der Waals surface area contributed by atoms with Crippen LogP contribution in [0.4, 0.5) is 5.69 Å². The lowest BCUT2D eigenvalue weighted by Crippen LogP contribution is -2.46. The molecule has 4 heteroatoms. The minimum atomic E-state index is 0.158. The number of amides is 1. The Morgan fingerprint density at radius 2 is 1.64 bits per heavy atom. The Morgan fingerprint density at radius 3 is 2.28 bits per heavy atom. The van der Waals surface area contributed by atoms with Crippen molar-refractivity contribution in [2.45, 2.75) is 25.4 Å². The van der Waals surface area contributed by atoms with Gasteiger partial charge in [0.1, 0.15) is 0 Å². The number of hydrogen-bond acceptors (Lipinski definition) is 3. The number of benzene rings is 2. The molecule has 3 rings (SSSR count). The molecular formula is C21H27N3O. The standard InChI is InChI=1S/C21H27N3O/c1-23(21(25)16-22-19-10-6-3-7-11-19)20-12-14-24(15-13-20)17-18-8-4-2-5-9-18/h2-11,20,22H,12-17H2,1H3. The van der Waals surface area contributed by atoms with Gasteiger partial charge in [0.15, 0.2) is 0 Å². The van der Waals surface area contributed by atoms with Crippen LogP contribution in [0.25, 0.3) is 0 Å². The van der Waals surface area contributed by atoms with Crippen LogP contribution < -0.4 is 5.32 Å². The number of piperidine rings is 1. The Bertz CT molecular complexity index is 651. The van der Waals surface area contributed by atoms with E-state index < -0.39 is 0 Å². The molecule has 25 heavy (non-hydrogen) atoms. The van der Waals surface area contributed by atoms with E-state index in [0.29, 0.717) is 12.6 Å². The van der Waals surface area contributed by atoms with Crippen molar-refractivity contribution < 1.29 is 4.79 Å². The van der Waals surface area contributed by atoms with Gasteiger partial charge in [-0.05, 0) is 30.5 Å². The van der Waals surface area contributed by atoms with E-state index in [1.807, 2.05) is 42.3 Å². The molecule has 2 aromatic carbocycles. The second kappa shape index (κ2) is 8.67. The zero-order valence-corrected chi connectivity index (χ0v) is 14.9. The number of anilines is 1. The van der Waals surface area contributed by atoms with Gasteiger partial charge in [0.05, 0.1) is 6.54 Å². The highest BCUT2D eigenvalue weighted by Gasteiger charge is 2.25. The van der Waals surface area contributed by atoms with E-state index in [1.54, 1.807) is 0 Å². The van der Waals surface area contributed by atoms with Crippen LogP contribution in [0, 0.1) is 0 Å². The quantitative estimate of drug-likeness (QED) is 0.879. The van der Waals surface area contributed by atoms with E-state index in [1.165, 1.54) is 5.56 Å². The van der Waals surface area contributed by atoms with Crippen molar-refractivity contribution >= 4 is 11.6 Å². The van der Waals surface area contributed by atoms with Gasteiger partial charge >= 0.3 is 0 Å². The zero-order chi connectivity index (χ0) is 17.5. The predicted octanol–water partition coefficient (Wildman–Crippen LogP) is 3.22. The molecule has 132 valence electrons. The van der Waals surface area contributed by atoms with Crippen LogP contribution in [-0.4, -0.2) is 48.4 Å². The summed E-state index contributed by atoms with van der Waals surface area (Å²) in [6.45, 7) is 3.44. The summed E-state index contributed by atoms with van der Waals surface area (Å²) in [6, 6.07) is 20.8. The van der Waals surface area contributed by atoms with Crippen LogP contribution >= 0.6 is 0 Å². The summed E-state index contributed by atoms with van der Waals surface area (Å²) in [5.41, 5.74) is 2.35. The number of rotatable bonds is 6. The van der Waals surface area contributed by atoms with Gasteiger partial charge in [-0.2, -0.15) is 0 Å². The van der Waals surface area contributed by atoms with E-state index >= 15 is 0 Å². The average Bonchev–Trinajstić information content (AvgIpc) is 2.68. The average molecular weight is 337 g/mol. The Balaban J connectivity index is 1.43. The van der Waals surface area contributed by atoms with Gasteiger partial charge in [-0.1, -0.05) is 48.5 Å². The van der Waals surface area contributed by atoms with Gasteiger partial charge in [-0.15, -0.1) is 0 Å². The number of nitrogens with one attached hydrogen (secondary N) is 1. The van der Waals surface area contributed by atoms with Gasteiger partial charge < -0.3 is 10.2 Å². The zero-order valence-electron chi connectivity index (χ0n) is 14.9. The summed E-state index contributed by atoms with van der Waals surface area (Å²) < 4.78 is 0. The molecule has 0 saturated carbocycles. The van der Waals surface area contributed by atoms with E-state index in [4.69, 9.17) is 0 Å². The molecule has 0 aliphatic carbocycles. The first kappa shape index (κ1) is 17.5. The minimum absolute atomic E-state index is 0.158. The maximum Gasteiger partial charge on any atom is 0.241 e. The first-order chi connectivity index (χ1) is 12.2. The molecule has 1 saturated heterocycles. The van der Waals surface area contributed by atoms with Gasteiger partial charge in [0.2, 0.25) is 5.91 Å². The lowest BCUT2D eigenvalue weighted by molar-refractivity contribution is -0.130. The van der Waals surface area contributed by atoms with Crippen molar-refractivity contribution in [2.75, 3.05) is 32.0 Å². The second-order valence-electron chi connectivity index (χ2n) is 6.72. The highest BCUT2D eigenvalue weighted by molar-refractivity contribution is 5.80. The third kappa shape index (κ3) is 5.07. The van der Waals surface area contributed by atoms with E-state index in [0.717, 1.165) is 38.2 Å². The fourth-order valence-electron chi connectivity index (χ4n) is 3.37. The van der Waals surface area contributed by atoms with Crippen LogP contribution in [0.5, 0.6) is 0 Å². The summed E-state index contributed by atoms with van der Waals surface area (Å²) in [4.78, 5) is 16.8.